The summed E-state index contributed by atoms with van der Waals surface area (Å²) in [6.45, 7) is 4.96. The van der Waals surface area contributed by atoms with Crippen LogP contribution in [0.5, 0.6) is 0 Å². The van der Waals surface area contributed by atoms with Crippen LogP contribution in [0.15, 0.2) is 0 Å². The van der Waals surface area contributed by atoms with Gasteiger partial charge in [-0.05, 0) is 6.92 Å². The van der Waals surface area contributed by atoms with Crippen LogP contribution in [0.3, 0.4) is 0 Å². The summed E-state index contributed by atoms with van der Waals surface area (Å²) in [5.41, 5.74) is 0. The predicted octanol–water partition coefficient (Wildman–Crippen LogP) is 0.138. The monoisotopic (exact) mass is 322 g/mol. The lowest BCUT2D eigenvalue weighted by atomic mass is 10.6. The number of carbonyl (C=O) groups excluding carboxylic acids is 2. The average Bonchev–Trinajstić information content (AvgIpc) is 2.49. The molecule has 0 aromatic heterocycles. The summed E-state index contributed by atoms with van der Waals surface area (Å²) >= 11 is 0. The molecule has 0 fully saturated rings. The maximum absolute atomic E-state index is 11.1. The van der Waals surface area contributed by atoms with Gasteiger partial charge in [0.05, 0.1) is 39.6 Å². The van der Waals surface area contributed by atoms with Gasteiger partial charge < -0.3 is 34.3 Å². The molecular weight excluding hydrogens is 296 g/mol. The van der Waals surface area contributed by atoms with E-state index in [0.717, 1.165) is 0 Å². The standard InChI is InChI=1S/C13H26N2O7/c1-3-21-12(16)14-4-6-19-9-10-20-7-5-15-13(17)22-11-8-18-2/h3-11H2,1-2H3,(H,14,16)(H,15,17). The summed E-state index contributed by atoms with van der Waals surface area (Å²) in [5, 5.41) is 5.06. The van der Waals surface area contributed by atoms with E-state index in [9.17, 15) is 9.59 Å². The Balaban J connectivity index is 3.17. The van der Waals surface area contributed by atoms with E-state index in [1.807, 2.05) is 0 Å². The minimum Gasteiger partial charge on any atom is -0.450 e. The maximum atomic E-state index is 11.1. The minimum absolute atomic E-state index is 0.219. The van der Waals surface area contributed by atoms with Crippen LogP contribution < -0.4 is 10.6 Å². The molecule has 0 aliphatic carbocycles. The first kappa shape index (κ1) is 20.4. The fourth-order valence-electron chi connectivity index (χ4n) is 1.22. The number of nitrogens with one attached hydrogen (secondary N) is 2. The van der Waals surface area contributed by atoms with Gasteiger partial charge in [0.25, 0.3) is 0 Å². The Morgan fingerprint density at radius 2 is 1.32 bits per heavy atom. The van der Waals surface area contributed by atoms with Crippen LogP contribution in [0.4, 0.5) is 9.59 Å². The fourth-order valence-corrected chi connectivity index (χ4v) is 1.22. The van der Waals surface area contributed by atoms with Crippen molar-refractivity contribution in [1.29, 1.82) is 0 Å². The van der Waals surface area contributed by atoms with Gasteiger partial charge in [0, 0.05) is 20.2 Å². The predicted molar refractivity (Wildman–Crippen MR) is 77.9 cm³/mol. The number of methoxy groups -OCH3 is 1. The summed E-state index contributed by atoms with van der Waals surface area (Å²) in [6, 6.07) is 0. The van der Waals surface area contributed by atoms with E-state index in [4.69, 9.17) is 18.9 Å². The Kier molecular flexibility index (Phi) is 14.7. The molecule has 130 valence electrons. The number of hydrogen-bond acceptors (Lipinski definition) is 7. The van der Waals surface area contributed by atoms with E-state index >= 15 is 0 Å². The van der Waals surface area contributed by atoms with Gasteiger partial charge >= 0.3 is 12.2 Å². The number of amides is 2. The molecule has 0 atom stereocenters. The quantitative estimate of drug-likeness (QED) is 0.465. The number of rotatable bonds is 13. The molecule has 0 saturated heterocycles. The summed E-state index contributed by atoms with van der Waals surface area (Å²) in [6.07, 6.45) is -0.951. The molecule has 0 unspecified atom stereocenters. The molecule has 0 aliphatic rings. The van der Waals surface area contributed by atoms with Crippen molar-refractivity contribution in [3.8, 4) is 0 Å². The number of alkyl carbamates (subject to hydrolysis) is 2. The van der Waals surface area contributed by atoms with Gasteiger partial charge in [-0.1, -0.05) is 0 Å². The van der Waals surface area contributed by atoms with Gasteiger partial charge in [0.2, 0.25) is 0 Å². The van der Waals surface area contributed by atoms with Crippen molar-refractivity contribution in [2.75, 3.05) is 66.4 Å². The third-order valence-corrected chi connectivity index (χ3v) is 2.20. The molecule has 0 spiro atoms. The lowest BCUT2D eigenvalue weighted by Gasteiger charge is -2.08. The van der Waals surface area contributed by atoms with Crippen LogP contribution in [0, 0.1) is 0 Å². The van der Waals surface area contributed by atoms with Gasteiger partial charge in [-0.25, -0.2) is 9.59 Å². The van der Waals surface area contributed by atoms with E-state index in [2.05, 4.69) is 15.4 Å². The smallest absolute Gasteiger partial charge is 0.407 e. The van der Waals surface area contributed by atoms with Gasteiger partial charge in [-0.15, -0.1) is 0 Å². The fraction of sp³-hybridized carbons (Fsp3) is 0.846. The Hall–Kier alpha value is -1.58. The zero-order valence-corrected chi connectivity index (χ0v) is 13.2. The van der Waals surface area contributed by atoms with Crippen molar-refractivity contribution in [1.82, 2.24) is 10.6 Å². The molecule has 2 N–H and O–H groups in total. The lowest BCUT2D eigenvalue weighted by Crippen LogP contribution is -2.29. The Morgan fingerprint density at radius 3 is 1.82 bits per heavy atom. The Labute approximate surface area is 130 Å². The van der Waals surface area contributed by atoms with E-state index < -0.39 is 12.2 Å². The molecular formula is C13H26N2O7. The zero-order valence-electron chi connectivity index (χ0n) is 13.2. The van der Waals surface area contributed by atoms with Crippen LogP contribution in [0.2, 0.25) is 0 Å². The Bertz CT molecular complexity index is 290. The molecule has 0 heterocycles. The first-order valence-electron chi connectivity index (χ1n) is 7.16. The molecule has 0 aromatic rings. The van der Waals surface area contributed by atoms with E-state index in [-0.39, 0.29) is 6.61 Å². The second-order valence-corrected chi connectivity index (χ2v) is 3.93. The summed E-state index contributed by atoms with van der Waals surface area (Å²) in [7, 11) is 1.53. The van der Waals surface area contributed by atoms with E-state index in [1.54, 1.807) is 6.92 Å². The van der Waals surface area contributed by atoms with Crippen molar-refractivity contribution in [2.45, 2.75) is 6.92 Å². The molecule has 0 aromatic carbocycles. The van der Waals surface area contributed by atoms with Crippen molar-refractivity contribution < 1.29 is 33.3 Å². The van der Waals surface area contributed by atoms with Gasteiger partial charge in [0.1, 0.15) is 6.61 Å². The molecule has 2 amide bonds. The minimum atomic E-state index is -0.498. The van der Waals surface area contributed by atoms with Crippen molar-refractivity contribution in [2.24, 2.45) is 0 Å². The van der Waals surface area contributed by atoms with Crippen LogP contribution in [0.1, 0.15) is 6.92 Å². The molecule has 9 nitrogen and oxygen atoms in total. The normalized spacial score (nSPS) is 10.1. The van der Waals surface area contributed by atoms with Crippen molar-refractivity contribution in [3.63, 3.8) is 0 Å². The highest BCUT2D eigenvalue weighted by molar-refractivity contribution is 5.67. The topological polar surface area (TPSA) is 104 Å². The molecule has 0 aliphatic heterocycles. The SMILES string of the molecule is CCOC(=O)NCCOCCOCCNC(=O)OCCOC. The molecule has 9 heteroatoms. The highest BCUT2D eigenvalue weighted by Gasteiger charge is 2.00. The van der Waals surface area contributed by atoms with Crippen LogP contribution in [0.25, 0.3) is 0 Å². The number of carbonyl (C=O) groups is 2. The third kappa shape index (κ3) is 14.8. The van der Waals surface area contributed by atoms with Gasteiger partial charge in [0.15, 0.2) is 0 Å². The largest absolute Gasteiger partial charge is 0.450 e. The maximum Gasteiger partial charge on any atom is 0.407 e. The highest BCUT2D eigenvalue weighted by atomic mass is 16.6. The second-order valence-electron chi connectivity index (χ2n) is 3.93. The van der Waals surface area contributed by atoms with Crippen LogP contribution >= 0.6 is 0 Å². The van der Waals surface area contributed by atoms with Crippen molar-refractivity contribution >= 4 is 12.2 Å². The summed E-state index contributed by atoms with van der Waals surface area (Å²) < 4.78 is 24.7. The molecule has 0 radical (unpaired) electrons. The first-order chi connectivity index (χ1) is 10.7. The van der Waals surface area contributed by atoms with Crippen molar-refractivity contribution in [3.05, 3.63) is 0 Å². The highest BCUT2D eigenvalue weighted by Crippen LogP contribution is 1.81. The number of ether oxygens (including phenoxy) is 5. The van der Waals surface area contributed by atoms with Crippen LogP contribution in [-0.2, 0) is 23.7 Å². The summed E-state index contributed by atoms with van der Waals surface area (Å²) in [5.74, 6) is 0. The molecule has 0 rings (SSSR count). The second kappa shape index (κ2) is 15.8. The third-order valence-electron chi connectivity index (χ3n) is 2.20. The Morgan fingerprint density at radius 1 is 0.773 bits per heavy atom. The molecule has 22 heavy (non-hydrogen) atoms. The lowest BCUT2D eigenvalue weighted by molar-refractivity contribution is 0.0482. The van der Waals surface area contributed by atoms with Crippen LogP contribution in [-0.4, -0.2) is 78.6 Å². The van der Waals surface area contributed by atoms with E-state index in [0.29, 0.717) is 52.7 Å². The summed E-state index contributed by atoms with van der Waals surface area (Å²) in [4.78, 5) is 22.0. The zero-order chi connectivity index (χ0) is 16.5. The van der Waals surface area contributed by atoms with Gasteiger partial charge in [-0.3, -0.25) is 0 Å². The van der Waals surface area contributed by atoms with Gasteiger partial charge in [-0.2, -0.15) is 0 Å². The molecule has 0 saturated carbocycles. The molecule has 0 bridgehead atoms. The van der Waals surface area contributed by atoms with E-state index in [1.165, 1.54) is 7.11 Å². The number of hydrogen-bond donors (Lipinski definition) is 2. The average molecular weight is 322 g/mol. The first-order valence-corrected chi connectivity index (χ1v) is 7.16.